The molecule has 0 saturated carbocycles. The third-order valence-electron chi connectivity index (χ3n) is 3.70. The van der Waals surface area contributed by atoms with Gasteiger partial charge in [0, 0.05) is 19.1 Å². The Morgan fingerprint density at radius 1 is 1.18 bits per heavy atom. The number of hydrogen-bond acceptors (Lipinski definition) is 4. The third kappa shape index (κ3) is 4.59. The van der Waals surface area contributed by atoms with Crippen LogP contribution in [-0.4, -0.2) is 45.0 Å². The number of benzene rings is 1. The van der Waals surface area contributed by atoms with Crippen molar-refractivity contribution in [1.82, 2.24) is 9.62 Å². The molecule has 0 bridgehead atoms. The molecule has 1 fully saturated rings. The minimum atomic E-state index is -3.39. The van der Waals surface area contributed by atoms with Gasteiger partial charge >= 0.3 is 0 Å². The second kappa shape index (κ2) is 8.15. The molecule has 0 aromatic heterocycles. The molecule has 126 valence electrons. The summed E-state index contributed by atoms with van der Waals surface area (Å²) in [7, 11) is -1.47. The van der Waals surface area contributed by atoms with Gasteiger partial charge in [-0.3, -0.25) is 0 Å². The molecule has 0 spiro atoms. The highest BCUT2D eigenvalue weighted by atomic mass is 35.5. The number of nitrogens with one attached hydrogen (secondary N) is 1. The molecule has 0 unspecified atom stereocenters. The molecular formula is C15H25ClN2O3S. The molecule has 2 rings (SSSR count). The number of sulfonamides is 1. The highest BCUT2D eigenvalue weighted by molar-refractivity contribution is 7.89. The lowest BCUT2D eigenvalue weighted by Crippen LogP contribution is -2.43. The first-order valence-corrected chi connectivity index (χ1v) is 8.81. The van der Waals surface area contributed by atoms with E-state index >= 15 is 0 Å². The first-order chi connectivity index (χ1) is 9.93. The third-order valence-corrected chi connectivity index (χ3v) is 5.61. The lowest BCUT2D eigenvalue weighted by Gasteiger charge is -2.31. The van der Waals surface area contributed by atoms with E-state index in [1.807, 2.05) is 20.9 Å². The van der Waals surface area contributed by atoms with Gasteiger partial charge in [0.05, 0.1) is 11.0 Å². The highest BCUT2D eigenvalue weighted by Gasteiger charge is 2.28. The van der Waals surface area contributed by atoms with Gasteiger partial charge in [0.1, 0.15) is 5.75 Å². The first-order valence-electron chi connectivity index (χ1n) is 7.37. The minimum absolute atomic E-state index is 0. The van der Waals surface area contributed by atoms with Crippen LogP contribution >= 0.6 is 12.4 Å². The first kappa shape index (κ1) is 19.2. The molecule has 1 saturated heterocycles. The number of piperidine rings is 1. The summed E-state index contributed by atoms with van der Waals surface area (Å²) >= 11 is 0. The van der Waals surface area contributed by atoms with Crippen molar-refractivity contribution in [3.63, 3.8) is 0 Å². The maximum atomic E-state index is 12.6. The van der Waals surface area contributed by atoms with Crippen molar-refractivity contribution in [2.75, 3.05) is 20.1 Å². The van der Waals surface area contributed by atoms with Crippen LogP contribution in [0.25, 0.3) is 0 Å². The van der Waals surface area contributed by atoms with Crippen LogP contribution in [0.15, 0.2) is 29.2 Å². The lowest BCUT2D eigenvalue weighted by atomic mass is 10.1. The number of ether oxygens (including phenoxy) is 1. The van der Waals surface area contributed by atoms with Crippen LogP contribution in [0.2, 0.25) is 0 Å². The summed E-state index contributed by atoms with van der Waals surface area (Å²) in [5, 5.41) is 3.20. The van der Waals surface area contributed by atoms with Crippen LogP contribution in [-0.2, 0) is 10.0 Å². The molecule has 5 nitrogen and oxygen atoms in total. The van der Waals surface area contributed by atoms with Crippen LogP contribution in [0.3, 0.4) is 0 Å². The van der Waals surface area contributed by atoms with Crippen molar-refractivity contribution in [1.29, 1.82) is 0 Å². The van der Waals surface area contributed by atoms with Crippen LogP contribution in [0, 0.1) is 0 Å². The zero-order valence-electron chi connectivity index (χ0n) is 13.3. The zero-order chi connectivity index (χ0) is 15.5. The number of hydrogen-bond donors (Lipinski definition) is 1. The maximum Gasteiger partial charge on any atom is 0.243 e. The Kier molecular flexibility index (Phi) is 7.12. The Balaban J connectivity index is 0.00000242. The van der Waals surface area contributed by atoms with E-state index in [1.165, 1.54) is 0 Å². The summed E-state index contributed by atoms with van der Waals surface area (Å²) < 4.78 is 32.3. The maximum absolute atomic E-state index is 12.6. The van der Waals surface area contributed by atoms with E-state index < -0.39 is 10.0 Å². The predicted molar refractivity (Wildman–Crippen MR) is 90.3 cm³/mol. The molecule has 22 heavy (non-hydrogen) atoms. The summed E-state index contributed by atoms with van der Waals surface area (Å²) in [4.78, 5) is 0.335. The SMILES string of the molecule is CNC1CCN(S(=O)(=O)c2ccc(OC(C)C)cc2)CC1.Cl. The number of nitrogens with zero attached hydrogens (tertiary/aromatic N) is 1. The second-order valence-corrected chi connectivity index (χ2v) is 7.54. The molecule has 0 aliphatic carbocycles. The topological polar surface area (TPSA) is 58.6 Å². The molecule has 0 atom stereocenters. The average Bonchev–Trinajstić information content (AvgIpc) is 2.47. The molecule has 1 N–H and O–H groups in total. The van der Waals surface area contributed by atoms with Gasteiger partial charge in [0.15, 0.2) is 0 Å². The van der Waals surface area contributed by atoms with Crippen molar-refractivity contribution in [2.24, 2.45) is 0 Å². The fraction of sp³-hybridized carbons (Fsp3) is 0.600. The Hall–Kier alpha value is -0.820. The molecule has 7 heteroatoms. The summed E-state index contributed by atoms with van der Waals surface area (Å²) in [6, 6.07) is 7.09. The summed E-state index contributed by atoms with van der Waals surface area (Å²) in [6.07, 6.45) is 1.78. The van der Waals surface area contributed by atoms with Gasteiger partial charge in [-0.25, -0.2) is 8.42 Å². The van der Waals surface area contributed by atoms with Crippen LogP contribution in [0.1, 0.15) is 26.7 Å². The Morgan fingerprint density at radius 3 is 2.18 bits per heavy atom. The van der Waals surface area contributed by atoms with Gasteiger partial charge in [0.2, 0.25) is 10.0 Å². The predicted octanol–water partition coefficient (Wildman–Crippen LogP) is 2.27. The molecule has 1 aliphatic rings. The molecule has 0 amide bonds. The van der Waals surface area contributed by atoms with Crippen LogP contribution < -0.4 is 10.1 Å². The van der Waals surface area contributed by atoms with Gasteiger partial charge in [-0.05, 0) is 58.0 Å². The lowest BCUT2D eigenvalue weighted by molar-refractivity contribution is 0.242. The van der Waals surface area contributed by atoms with E-state index in [1.54, 1.807) is 28.6 Å². The van der Waals surface area contributed by atoms with Crippen LogP contribution in [0.4, 0.5) is 0 Å². The van der Waals surface area contributed by atoms with Gasteiger partial charge in [0.25, 0.3) is 0 Å². The number of halogens is 1. The molecule has 1 aliphatic heterocycles. The zero-order valence-corrected chi connectivity index (χ0v) is 14.9. The van der Waals surface area contributed by atoms with Crippen molar-refractivity contribution in [3.8, 4) is 5.75 Å². The fourth-order valence-electron chi connectivity index (χ4n) is 2.50. The van der Waals surface area contributed by atoms with E-state index in [2.05, 4.69) is 5.32 Å². The van der Waals surface area contributed by atoms with Gasteiger partial charge in [-0.1, -0.05) is 0 Å². The molecule has 0 radical (unpaired) electrons. The fourth-order valence-corrected chi connectivity index (χ4v) is 3.97. The monoisotopic (exact) mass is 348 g/mol. The van der Waals surface area contributed by atoms with E-state index in [4.69, 9.17) is 4.74 Å². The van der Waals surface area contributed by atoms with Crippen molar-refractivity contribution in [2.45, 2.75) is 43.7 Å². The van der Waals surface area contributed by atoms with Crippen molar-refractivity contribution >= 4 is 22.4 Å². The second-order valence-electron chi connectivity index (χ2n) is 5.61. The molecular weight excluding hydrogens is 324 g/mol. The van der Waals surface area contributed by atoms with E-state index in [0.29, 0.717) is 29.8 Å². The number of rotatable bonds is 5. The Labute approximate surface area is 139 Å². The highest BCUT2D eigenvalue weighted by Crippen LogP contribution is 2.23. The minimum Gasteiger partial charge on any atom is -0.491 e. The summed E-state index contributed by atoms with van der Waals surface area (Å²) in [6.45, 7) is 5.02. The molecule has 1 heterocycles. The standard InChI is InChI=1S/C15H24N2O3S.ClH/c1-12(2)20-14-4-6-15(7-5-14)21(18,19)17-10-8-13(16-3)9-11-17;/h4-7,12-13,16H,8-11H2,1-3H3;1H. The largest absolute Gasteiger partial charge is 0.491 e. The van der Waals surface area contributed by atoms with Crippen LogP contribution in [0.5, 0.6) is 5.75 Å². The van der Waals surface area contributed by atoms with Crippen molar-refractivity contribution < 1.29 is 13.2 Å². The van der Waals surface area contributed by atoms with Gasteiger partial charge in [-0.2, -0.15) is 4.31 Å². The Bertz CT molecular complexity index is 553. The van der Waals surface area contributed by atoms with Gasteiger partial charge < -0.3 is 10.1 Å². The Morgan fingerprint density at radius 2 is 1.73 bits per heavy atom. The van der Waals surface area contributed by atoms with E-state index in [-0.39, 0.29) is 18.5 Å². The summed E-state index contributed by atoms with van der Waals surface area (Å²) in [5.41, 5.74) is 0. The van der Waals surface area contributed by atoms with Crippen molar-refractivity contribution in [3.05, 3.63) is 24.3 Å². The van der Waals surface area contributed by atoms with Gasteiger partial charge in [-0.15, -0.1) is 12.4 Å². The van der Waals surface area contributed by atoms with E-state index in [0.717, 1.165) is 12.8 Å². The quantitative estimate of drug-likeness (QED) is 0.886. The normalized spacial score (nSPS) is 17.3. The summed E-state index contributed by atoms with van der Waals surface area (Å²) in [5.74, 6) is 0.692. The molecule has 1 aromatic carbocycles. The van der Waals surface area contributed by atoms with E-state index in [9.17, 15) is 8.42 Å². The average molecular weight is 349 g/mol. The smallest absolute Gasteiger partial charge is 0.243 e. The molecule has 1 aromatic rings.